The van der Waals surface area contributed by atoms with E-state index in [1.54, 1.807) is 0 Å². The highest BCUT2D eigenvalue weighted by Crippen LogP contribution is 2.50. The first kappa shape index (κ1) is 24.3. The molecule has 0 radical (unpaired) electrons. The normalized spacial score (nSPS) is 31.6. The van der Waals surface area contributed by atoms with E-state index in [-0.39, 0.29) is 17.9 Å². The Morgan fingerprint density at radius 3 is 2.42 bits per heavy atom. The number of ether oxygens (including phenoxy) is 1. The highest BCUT2D eigenvalue weighted by atomic mass is 16.5. The van der Waals surface area contributed by atoms with Crippen LogP contribution in [0.4, 0.5) is 0 Å². The van der Waals surface area contributed by atoms with E-state index >= 15 is 0 Å². The largest absolute Gasteiger partial charge is 0.489 e. The SMILES string of the molecule is CCN(CC)C1CCC2C(C3CCCCC3C(=O)O)=C3C=CC(=[N+](CC)CC)C=C3OC2C1. The van der Waals surface area contributed by atoms with Crippen molar-refractivity contribution in [2.75, 3.05) is 26.2 Å². The van der Waals surface area contributed by atoms with Crippen molar-refractivity contribution in [2.24, 2.45) is 17.8 Å². The van der Waals surface area contributed by atoms with Gasteiger partial charge in [-0.05, 0) is 70.2 Å². The van der Waals surface area contributed by atoms with Crippen LogP contribution >= 0.6 is 0 Å². The molecule has 5 nitrogen and oxygen atoms in total. The second-order valence-electron chi connectivity index (χ2n) is 10.1. The Kier molecular flexibility index (Phi) is 7.78. The van der Waals surface area contributed by atoms with Gasteiger partial charge in [0.1, 0.15) is 25.0 Å². The maximum Gasteiger partial charge on any atom is 0.307 e. The summed E-state index contributed by atoms with van der Waals surface area (Å²) >= 11 is 0. The Morgan fingerprint density at radius 1 is 1.03 bits per heavy atom. The first-order valence-electron chi connectivity index (χ1n) is 13.4. The number of nitrogens with zero attached hydrogens (tertiary/aromatic N) is 2. The molecule has 1 heterocycles. The molecule has 0 bridgehead atoms. The first-order valence-corrected chi connectivity index (χ1v) is 13.4. The molecule has 5 atom stereocenters. The second-order valence-corrected chi connectivity index (χ2v) is 10.1. The van der Waals surface area contributed by atoms with Crippen LogP contribution in [0.5, 0.6) is 0 Å². The van der Waals surface area contributed by atoms with Crippen LogP contribution in [0.1, 0.15) is 72.6 Å². The summed E-state index contributed by atoms with van der Waals surface area (Å²) in [6, 6.07) is 0.552. The minimum atomic E-state index is -0.617. The third kappa shape index (κ3) is 4.71. The minimum absolute atomic E-state index is 0.135. The maximum atomic E-state index is 12.3. The molecule has 5 heteroatoms. The average molecular weight is 456 g/mol. The molecule has 33 heavy (non-hydrogen) atoms. The lowest BCUT2D eigenvalue weighted by atomic mass is 9.64. The molecular formula is C28H43N2O3+. The number of aliphatic carboxylic acids is 1. The molecule has 182 valence electrons. The van der Waals surface area contributed by atoms with E-state index in [4.69, 9.17) is 4.74 Å². The highest BCUT2D eigenvalue weighted by molar-refractivity contribution is 6.03. The van der Waals surface area contributed by atoms with Gasteiger partial charge in [0, 0.05) is 30.0 Å². The van der Waals surface area contributed by atoms with Gasteiger partial charge in [0.2, 0.25) is 5.71 Å². The lowest BCUT2D eigenvalue weighted by Gasteiger charge is -2.48. The fourth-order valence-electron chi connectivity index (χ4n) is 6.93. The van der Waals surface area contributed by atoms with Gasteiger partial charge in [-0.2, -0.15) is 0 Å². The number of allylic oxidation sites excluding steroid dienone is 3. The number of hydrogen-bond acceptors (Lipinski definition) is 3. The summed E-state index contributed by atoms with van der Waals surface area (Å²) in [6.07, 6.45) is 14.1. The second kappa shape index (κ2) is 10.6. The van der Waals surface area contributed by atoms with Crippen LogP contribution in [-0.2, 0) is 9.53 Å². The topological polar surface area (TPSA) is 52.8 Å². The molecule has 4 rings (SSSR count). The summed E-state index contributed by atoms with van der Waals surface area (Å²) in [5.41, 5.74) is 3.79. The molecule has 0 aromatic carbocycles. The molecule has 2 fully saturated rings. The minimum Gasteiger partial charge on any atom is -0.489 e. The summed E-state index contributed by atoms with van der Waals surface area (Å²) < 4.78 is 9.14. The number of carbonyl (C=O) groups is 1. The third-order valence-corrected chi connectivity index (χ3v) is 8.66. The van der Waals surface area contributed by atoms with Crippen LogP contribution < -0.4 is 0 Å². The predicted octanol–water partition coefficient (Wildman–Crippen LogP) is 5.03. The molecular weight excluding hydrogens is 412 g/mol. The number of hydrogen-bond donors (Lipinski definition) is 1. The van der Waals surface area contributed by atoms with Gasteiger partial charge in [0.25, 0.3) is 0 Å². The summed E-state index contributed by atoms with van der Waals surface area (Å²) in [5, 5.41) is 10.1. The summed E-state index contributed by atoms with van der Waals surface area (Å²) in [7, 11) is 0. The maximum absolute atomic E-state index is 12.3. The van der Waals surface area contributed by atoms with Crippen LogP contribution in [0.3, 0.4) is 0 Å². The third-order valence-electron chi connectivity index (χ3n) is 8.66. The fourth-order valence-corrected chi connectivity index (χ4v) is 6.93. The summed E-state index contributed by atoms with van der Waals surface area (Å²) in [6.45, 7) is 12.9. The Hall–Kier alpha value is -1.88. The molecule has 1 N–H and O–H groups in total. The number of carboxylic acids is 1. The number of fused-ring (bicyclic) bond motifs is 2. The zero-order chi connectivity index (χ0) is 23.5. The Balaban J connectivity index is 1.77. The zero-order valence-electron chi connectivity index (χ0n) is 21.1. The Morgan fingerprint density at radius 2 is 1.76 bits per heavy atom. The standard InChI is InChI=1S/C28H42N2O3/c1-5-29(6-2)19-13-15-23-25(17-19)33-26-18-20(30(7-3)8-4)14-16-24(26)27(23)21-11-9-10-12-22(21)28(31)32/h13,15,17,20-22,24,26H,5-12,14,16,18H2,1-4H3/p+1. The van der Waals surface area contributed by atoms with E-state index in [0.29, 0.717) is 12.0 Å². The van der Waals surface area contributed by atoms with Gasteiger partial charge in [-0.15, -0.1) is 0 Å². The van der Waals surface area contributed by atoms with E-state index in [0.717, 1.165) is 70.5 Å². The van der Waals surface area contributed by atoms with Gasteiger partial charge < -0.3 is 14.7 Å². The van der Waals surface area contributed by atoms with Gasteiger partial charge in [-0.1, -0.05) is 26.7 Å². The molecule has 0 spiro atoms. The molecule has 1 aliphatic heterocycles. The van der Waals surface area contributed by atoms with Gasteiger partial charge in [0.15, 0.2) is 0 Å². The van der Waals surface area contributed by atoms with Crippen molar-refractivity contribution >= 4 is 11.7 Å². The van der Waals surface area contributed by atoms with E-state index in [1.807, 2.05) is 0 Å². The molecule has 0 amide bonds. The molecule has 5 unspecified atom stereocenters. The lowest BCUT2D eigenvalue weighted by molar-refractivity contribution is -0.519. The quantitative estimate of drug-likeness (QED) is 0.547. The van der Waals surface area contributed by atoms with Crippen LogP contribution in [0.15, 0.2) is 35.1 Å². The fraction of sp³-hybridized carbons (Fsp3) is 0.714. The van der Waals surface area contributed by atoms with E-state index < -0.39 is 5.97 Å². The van der Waals surface area contributed by atoms with Gasteiger partial charge in [0.05, 0.1) is 12.0 Å². The van der Waals surface area contributed by atoms with Crippen LogP contribution in [-0.4, -0.2) is 64.6 Å². The van der Waals surface area contributed by atoms with Gasteiger partial charge in [-0.3, -0.25) is 4.79 Å². The highest BCUT2D eigenvalue weighted by Gasteiger charge is 2.46. The van der Waals surface area contributed by atoms with Crippen molar-refractivity contribution in [1.29, 1.82) is 0 Å². The molecule has 2 saturated carbocycles. The average Bonchev–Trinajstić information content (AvgIpc) is 2.84. The van der Waals surface area contributed by atoms with Crippen molar-refractivity contribution in [3.8, 4) is 0 Å². The molecule has 0 saturated heterocycles. The van der Waals surface area contributed by atoms with Crippen molar-refractivity contribution < 1.29 is 19.2 Å². The van der Waals surface area contributed by atoms with Crippen LogP contribution in [0.25, 0.3) is 0 Å². The van der Waals surface area contributed by atoms with Crippen LogP contribution in [0, 0.1) is 17.8 Å². The van der Waals surface area contributed by atoms with E-state index in [1.165, 1.54) is 23.3 Å². The van der Waals surface area contributed by atoms with Crippen molar-refractivity contribution in [1.82, 2.24) is 4.90 Å². The van der Waals surface area contributed by atoms with Crippen molar-refractivity contribution in [3.63, 3.8) is 0 Å². The molecule has 4 aliphatic rings. The van der Waals surface area contributed by atoms with Crippen molar-refractivity contribution in [3.05, 3.63) is 35.1 Å². The zero-order valence-corrected chi connectivity index (χ0v) is 21.1. The van der Waals surface area contributed by atoms with E-state index in [9.17, 15) is 9.90 Å². The molecule has 0 aromatic rings. The van der Waals surface area contributed by atoms with Gasteiger partial charge >= 0.3 is 5.97 Å². The smallest absolute Gasteiger partial charge is 0.307 e. The monoisotopic (exact) mass is 455 g/mol. The lowest BCUT2D eigenvalue weighted by Crippen LogP contribution is -2.47. The summed E-state index contributed by atoms with van der Waals surface area (Å²) in [5.74, 6) is 0.575. The molecule has 0 aromatic heterocycles. The first-order chi connectivity index (χ1) is 16.0. The predicted molar refractivity (Wildman–Crippen MR) is 133 cm³/mol. The van der Waals surface area contributed by atoms with Crippen molar-refractivity contribution in [2.45, 2.75) is 84.8 Å². The van der Waals surface area contributed by atoms with Gasteiger partial charge in [-0.25, -0.2) is 4.58 Å². The Labute approximate surface area is 199 Å². The van der Waals surface area contributed by atoms with E-state index in [2.05, 4.69) is 55.4 Å². The molecule has 3 aliphatic carbocycles. The van der Waals surface area contributed by atoms with Crippen LogP contribution in [0.2, 0.25) is 0 Å². The Bertz CT molecular complexity index is 858. The summed E-state index contributed by atoms with van der Waals surface area (Å²) in [4.78, 5) is 14.8. The number of carboxylic acid groups (broad SMARTS) is 1. The number of rotatable bonds is 7.